The number of hydrogen-bond donors (Lipinski definition) is 0. The van der Waals surface area contributed by atoms with Crippen LogP contribution in [0.2, 0.25) is 0 Å². The largest absolute Gasteiger partial charge is 0.497 e. The van der Waals surface area contributed by atoms with Gasteiger partial charge in [-0.25, -0.2) is 4.39 Å². The zero-order valence-electron chi connectivity index (χ0n) is 15.2. The van der Waals surface area contributed by atoms with Gasteiger partial charge in [0.15, 0.2) is 16.8 Å². The normalized spacial score (nSPS) is 11.0. The fraction of sp³-hybridized carbons (Fsp3) is 0.158. The van der Waals surface area contributed by atoms with Crippen LogP contribution in [0.1, 0.15) is 5.82 Å². The van der Waals surface area contributed by atoms with Gasteiger partial charge >= 0.3 is 0 Å². The molecule has 0 aliphatic carbocycles. The molecule has 4 aromatic rings. The van der Waals surface area contributed by atoms with Gasteiger partial charge in [0, 0.05) is 12.6 Å². The molecule has 0 bridgehead atoms. The van der Waals surface area contributed by atoms with Gasteiger partial charge in [-0.15, -0.1) is 10.2 Å². The Morgan fingerprint density at radius 2 is 1.89 bits per heavy atom. The van der Waals surface area contributed by atoms with Crippen LogP contribution >= 0.6 is 11.8 Å². The molecule has 0 N–H and O–H groups in total. The third-order valence-corrected chi connectivity index (χ3v) is 5.10. The molecule has 142 valence electrons. The van der Waals surface area contributed by atoms with Crippen LogP contribution in [0.4, 0.5) is 4.39 Å². The van der Waals surface area contributed by atoms with Crippen LogP contribution in [0.15, 0.2) is 58.2 Å². The Labute approximate surface area is 164 Å². The standard InChI is InChI=1S/C19H16FN5O2S/c1-25-17(14-5-3-4-6-15(14)20)22-23-19(25)28-11-16-21-18(27-24-16)12-7-9-13(26-2)10-8-12/h3-10H,11H2,1-2H3. The highest BCUT2D eigenvalue weighted by Crippen LogP contribution is 2.27. The van der Waals surface area contributed by atoms with E-state index in [0.29, 0.717) is 34.0 Å². The summed E-state index contributed by atoms with van der Waals surface area (Å²) in [5.74, 6) is 2.30. The van der Waals surface area contributed by atoms with Crippen LogP contribution in [-0.4, -0.2) is 32.0 Å². The Kier molecular flexibility index (Phi) is 5.07. The Morgan fingerprint density at radius 1 is 1.11 bits per heavy atom. The van der Waals surface area contributed by atoms with E-state index in [1.165, 1.54) is 17.8 Å². The van der Waals surface area contributed by atoms with Gasteiger partial charge in [-0.2, -0.15) is 4.98 Å². The SMILES string of the molecule is COc1ccc(-c2nc(CSc3nnc(-c4ccccc4F)n3C)no2)cc1. The van der Waals surface area contributed by atoms with Crippen molar-refractivity contribution in [2.75, 3.05) is 7.11 Å². The second-order valence-electron chi connectivity index (χ2n) is 5.88. The number of aromatic nitrogens is 5. The molecule has 0 atom stereocenters. The van der Waals surface area contributed by atoms with E-state index in [9.17, 15) is 4.39 Å². The summed E-state index contributed by atoms with van der Waals surface area (Å²) in [7, 11) is 3.41. The van der Waals surface area contributed by atoms with Gasteiger partial charge < -0.3 is 13.8 Å². The lowest BCUT2D eigenvalue weighted by atomic mass is 10.2. The maximum Gasteiger partial charge on any atom is 0.257 e. The van der Waals surface area contributed by atoms with Gasteiger partial charge in [0.25, 0.3) is 5.89 Å². The fourth-order valence-electron chi connectivity index (χ4n) is 2.61. The first kappa shape index (κ1) is 18.2. The third-order valence-electron chi connectivity index (χ3n) is 4.09. The van der Waals surface area contributed by atoms with Crippen molar-refractivity contribution < 1.29 is 13.7 Å². The van der Waals surface area contributed by atoms with Crippen LogP contribution < -0.4 is 4.74 Å². The summed E-state index contributed by atoms with van der Waals surface area (Å²) >= 11 is 1.40. The number of thioether (sulfide) groups is 1. The smallest absolute Gasteiger partial charge is 0.257 e. The summed E-state index contributed by atoms with van der Waals surface area (Å²) in [6.45, 7) is 0. The van der Waals surface area contributed by atoms with E-state index in [4.69, 9.17) is 9.26 Å². The lowest BCUT2D eigenvalue weighted by molar-refractivity contribution is 0.414. The summed E-state index contributed by atoms with van der Waals surface area (Å²) in [6, 6.07) is 13.8. The second kappa shape index (κ2) is 7.81. The molecule has 0 saturated heterocycles. The molecule has 9 heteroatoms. The molecule has 0 amide bonds. The Hall–Kier alpha value is -3.20. The zero-order valence-corrected chi connectivity index (χ0v) is 16.0. The first-order valence-corrected chi connectivity index (χ1v) is 9.38. The van der Waals surface area contributed by atoms with E-state index < -0.39 is 0 Å². The van der Waals surface area contributed by atoms with E-state index in [-0.39, 0.29) is 5.82 Å². The van der Waals surface area contributed by atoms with Crippen LogP contribution in [0.5, 0.6) is 5.75 Å². The van der Waals surface area contributed by atoms with Crippen molar-refractivity contribution in [1.29, 1.82) is 0 Å². The average Bonchev–Trinajstić information content (AvgIpc) is 3.34. The van der Waals surface area contributed by atoms with Crippen molar-refractivity contribution in [2.24, 2.45) is 7.05 Å². The van der Waals surface area contributed by atoms with E-state index in [1.807, 2.05) is 24.3 Å². The predicted octanol–water partition coefficient (Wildman–Crippen LogP) is 3.97. The highest BCUT2D eigenvalue weighted by atomic mass is 32.2. The number of methoxy groups -OCH3 is 1. The Balaban J connectivity index is 1.47. The molecule has 0 saturated carbocycles. The van der Waals surface area contributed by atoms with Gasteiger partial charge in [-0.3, -0.25) is 0 Å². The number of rotatable bonds is 6. The molecule has 2 aromatic heterocycles. The molecule has 7 nitrogen and oxygen atoms in total. The van der Waals surface area contributed by atoms with Crippen LogP contribution in [0.25, 0.3) is 22.8 Å². The van der Waals surface area contributed by atoms with Crippen molar-refractivity contribution in [3.63, 3.8) is 0 Å². The minimum atomic E-state index is -0.336. The first-order valence-electron chi connectivity index (χ1n) is 8.40. The van der Waals surface area contributed by atoms with Crippen molar-refractivity contribution in [3.8, 4) is 28.6 Å². The van der Waals surface area contributed by atoms with Gasteiger partial charge in [-0.05, 0) is 36.4 Å². The molecular formula is C19H16FN5O2S. The molecule has 0 aliphatic rings. The van der Waals surface area contributed by atoms with Crippen molar-refractivity contribution >= 4 is 11.8 Å². The van der Waals surface area contributed by atoms with Crippen molar-refractivity contribution in [1.82, 2.24) is 24.9 Å². The highest BCUT2D eigenvalue weighted by Gasteiger charge is 2.16. The molecule has 2 heterocycles. The quantitative estimate of drug-likeness (QED) is 0.456. The van der Waals surface area contributed by atoms with E-state index in [2.05, 4.69) is 20.3 Å². The predicted molar refractivity (Wildman–Crippen MR) is 102 cm³/mol. The fourth-order valence-corrected chi connectivity index (χ4v) is 3.36. The third kappa shape index (κ3) is 3.61. The number of ether oxygens (including phenoxy) is 1. The summed E-state index contributed by atoms with van der Waals surface area (Å²) in [5.41, 5.74) is 1.22. The number of benzene rings is 2. The zero-order chi connectivity index (χ0) is 19.5. The van der Waals surface area contributed by atoms with Gasteiger partial charge in [0.2, 0.25) is 0 Å². The molecule has 0 fully saturated rings. The lowest BCUT2D eigenvalue weighted by Crippen LogP contribution is -1.97. The van der Waals surface area contributed by atoms with Gasteiger partial charge in [0.05, 0.1) is 18.4 Å². The first-order chi connectivity index (χ1) is 13.7. The lowest BCUT2D eigenvalue weighted by Gasteiger charge is -2.03. The average molecular weight is 397 g/mol. The van der Waals surface area contributed by atoms with E-state index in [1.54, 1.807) is 36.9 Å². The number of nitrogens with zero attached hydrogens (tertiary/aromatic N) is 5. The van der Waals surface area contributed by atoms with Crippen LogP contribution in [0.3, 0.4) is 0 Å². The number of halogens is 1. The van der Waals surface area contributed by atoms with E-state index >= 15 is 0 Å². The topological polar surface area (TPSA) is 78.9 Å². The minimum absolute atomic E-state index is 0.336. The van der Waals surface area contributed by atoms with Crippen LogP contribution in [-0.2, 0) is 12.8 Å². The molecule has 0 spiro atoms. The van der Waals surface area contributed by atoms with Crippen LogP contribution in [0, 0.1) is 5.82 Å². The second-order valence-corrected chi connectivity index (χ2v) is 6.82. The Bertz CT molecular complexity index is 1090. The summed E-state index contributed by atoms with van der Waals surface area (Å²) in [5, 5.41) is 12.9. The van der Waals surface area contributed by atoms with E-state index in [0.717, 1.165) is 11.3 Å². The maximum absolute atomic E-state index is 14.0. The summed E-state index contributed by atoms with van der Waals surface area (Å²) in [6.07, 6.45) is 0. The monoisotopic (exact) mass is 397 g/mol. The van der Waals surface area contributed by atoms with Gasteiger partial charge in [-0.1, -0.05) is 29.1 Å². The Morgan fingerprint density at radius 3 is 2.64 bits per heavy atom. The molecule has 0 unspecified atom stereocenters. The number of hydrogen-bond acceptors (Lipinski definition) is 7. The van der Waals surface area contributed by atoms with Gasteiger partial charge in [0.1, 0.15) is 11.6 Å². The summed E-state index contributed by atoms with van der Waals surface area (Å²) < 4.78 is 26.2. The minimum Gasteiger partial charge on any atom is -0.497 e. The highest BCUT2D eigenvalue weighted by molar-refractivity contribution is 7.98. The van der Waals surface area contributed by atoms with Crippen molar-refractivity contribution in [3.05, 3.63) is 60.2 Å². The molecule has 0 aliphatic heterocycles. The molecule has 2 aromatic carbocycles. The molecule has 4 rings (SSSR count). The summed E-state index contributed by atoms with van der Waals surface area (Å²) in [4.78, 5) is 4.40. The van der Waals surface area contributed by atoms with Crippen molar-refractivity contribution in [2.45, 2.75) is 10.9 Å². The molecule has 0 radical (unpaired) electrons. The molecular weight excluding hydrogens is 381 g/mol. The maximum atomic E-state index is 14.0. The molecule has 28 heavy (non-hydrogen) atoms.